The minimum Gasteiger partial charge on any atom is -0.494 e. The van der Waals surface area contributed by atoms with E-state index in [0.717, 1.165) is 17.5 Å². The lowest BCUT2D eigenvalue weighted by Gasteiger charge is -2.16. The Balaban J connectivity index is 2.12. The number of anilines is 1. The van der Waals surface area contributed by atoms with Crippen LogP contribution < -0.4 is 10.1 Å². The second-order valence-electron chi connectivity index (χ2n) is 4.50. The van der Waals surface area contributed by atoms with Gasteiger partial charge in [0.1, 0.15) is 5.75 Å². The maximum atomic E-state index is 13.2. The molecule has 0 saturated carbocycles. The molecule has 0 saturated heterocycles. The average molecular weight is 277 g/mol. The van der Waals surface area contributed by atoms with Crippen LogP contribution in [-0.2, 0) is 0 Å². The van der Waals surface area contributed by atoms with E-state index in [1.807, 2.05) is 38.1 Å². The summed E-state index contributed by atoms with van der Waals surface area (Å²) in [7, 11) is 0. The van der Waals surface area contributed by atoms with Crippen LogP contribution in [0.1, 0.15) is 25.5 Å². The van der Waals surface area contributed by atoms with E-state index in [0.29, 0.717) is 12.2 Å². The zero-order valence-electron chi connectivity index (χ0n) is 11.5. The van der Waals surface area contributed by atoms with E-state index in [4.69, 9.17) is 4.74 Å². The van der Waals surface area contributed by atoms with Crippen molar-refractivity contribution in [1.29, 1.82) is 0 Å². The van der Waals surface area contributed by atoms with E-state index < -0.39 is 11.6 Å². The van der Waals surface area contributed by atoms with Crippen LogP contribution in [0.5, 0.6) is 5.75 Å². The Labute approximate surface area is 117 Å². The highest BCUT2D eigenvalue weighted by Crippen LogP contribution is 2.23. The summed E-state index contributed by atoms with van der Waals surface area (Å²) < 4.78 is 31.6. The molecule has 106 valence electrons. The van der Waals surface area contributed by atoms with Gasteiger partial charge >= 0.3 is 0 Å². The van der Waals surface area contributed by atoms with Gasteiger partial charge in [-0.2, -0.15) is 0 Å². The van der Waals surface area contributed by atoms with Crippen molar-refractivity contribution >= 4 is 5.69 Å². The molecule has 2 aromatic carbocycles. The van der Waals surface area contributed by atoms with Crippen molar-refractivity contribution in [3.63, 3.8) is 0 Å². The summed E-state index contributed by atoms with van der Waals surface area (Å²) >= 11 is 0. The summed E-state index contributed by atoms with van der Waals surface area (Å²) in [6.07, 6.45) is 0. The summed E-state index contributed by atoms with van der Waals surface area (Å²) in [4.78, 5) is 0. The molecule has 1 N–H and O–H groups in total. The largest absolute Gasteiger partial charge is 0.494 e. The maximum Gasteiger partial charge on any atom is 0.159 e. The van der Waals surface area contributed by atoms with Gasteiger partial charge in [-0.3, -0.25) is 0 Å². The molecule has 20 heavy (non-hydrogen) atoms. The summed E-state index contributed by atoms with van der Waals surface area (Å²) in [5.74, 6) is -0.895. The topological polar surface area (TPSA) is 21.3 Å². The van der Waals surface area contributed by atoms with Crippen molar-refractivity contribution in [3.8, 4) is 5.75 Å². The predicted octanol–water partition coefficient (Wildman–Crippen LogP) is 4.54. The fourth-order valence-electron chi connectivity index (χ4n) is 1.96. The highest BCUT2D eigenvalue weighted by Gasteiger charge is 2.09. The summed E-state index contributed by atoms with van der Waals surface area (Å²) in [6.45, 7) is 4.41. The normalized spacial score (nSPS) is 12.0. The average Bonchev–Trinajstić information content (AvgIpc) is 2.42. The summed E-state index contributed by atoms with van der Waals surface area (Å²) in [6, 6.07) is 11.3. The molecule has 0 aliphatic heterocycles. The Morgan fingerprint density at radius 2 is 1.90 bits per heavy atom. The highest BCUT2D eigenvalue weighted by molar-refractivity contribution is 5.49. The fraction of sp³-hybridized carbons (Fsp3) is 0.250. The number of ether oxygens (including phenoxy) is 1. The minimum atomic E-state index is -0.834. The van der Waals surface area contributed by atoms with Gasteiger partial charge in [-0.15, -0.1) is 0 Å². The van der Waals surface area contributed by atoms with Gasteiger partial charge < -0.3 is 10.1 Å². The van der Waals surface area contributed by atoms with Crippen LogP contribution in [0.2, 0.25) is 0 Å². The molecule has 0 radical (unpaired) electrons. The number of hydrogen-bond acceptors (Lipinski definition) is 2. The van der Waals surface area contributed by atoms with Gasteiger partial charge in [0.05, 0.1) is 6.61 Å². The molecule has 4 heteroatoms. The summed E-state index contributed by atoms with van der Waals surface area (Å²) in [5.41, 5.74) is 1.55. The Morgan fingerprint density at radius 1 is 1.10 bits per heavy atom. The molecule has 0 aromatic heterocycles. The maximum absolute atomic E-state index is 13.2. The molecule has 0 spiro atoms. The second kappa shape index (κ2) is 6.37. The molecule has 0 amide bonds. The molecule has 0 fully saturated rings. The van der Waals surface area contributed by atoms with Crippen LogP contribution in [0.25, 0.3) is 0 Å². The van der Waals surface area contributed by atoms with Gasteiger partial charge in [-0.25, -0.2) is 8.78 Å². The van der Waals surface area contributed by atoms with Crippen LogP contribution in [0.3, 0.4) is 0 Å². The van der Waals surface area contributed by atoms with Gasteiger partial charge in [0.15, 0.2) is 11.6 Å². The number of nitrogens with one attached hydrogen (secondary N) is 1. The fourth-order valence-corrected chi connectivity index (χ4v) is 1.96. The molecule has 0 aliphatic carbocycles. The first-order chi connectivity index (χ1) is 9.60. The van der Waals surface area contributed by atoms with Gasteiger partial charge in [-0.1, -0.05) is 12.1 Å². The smallest absolute Gasteiger partial charge is 0.159 e. The van der Waals surface area contributed by atoms with Crippen LogP contribution in [-0.4, -0.2) is 6.61 Å². The van der Waals surface area contributed by atoms with E-state index in [2.05, 4.69) is 5.32 Å². The molecular weight excluding hydrogens is 260 g/mol. The lowest BCUT2D eigenvalue weighted by molar-refractivity contribution is 0.340. The lowest BCUT2D eigenvalue weighted by atomic mass is 10.1. The van der Waals surface area contributed by atoms with Crippen molar-refractivity contribution < 1.29 is 13.5 Å². The Morgan fingerprint density at radius 3 is 2.60 bits per heavy atom. The predicted molar refractivity (Wildman–Crippen MR) is 76.0 cm³/mol. The number of halogens is 2. The number of benzene rings is 2. The molecule has 2 aromatic rings. The van der Waals surface area contributed by atoms with E-state index in [1.165, 1.54) is 6.07 Å². The minimum absolute atomic E-state index is 0.137. The van der Waals surface area contributed by atoms with E-state index in [-0.39, 0.29) is 6.04 Å². The first-order valence-corrected chi connectivity index (χ1v) is 6.54. The monoisotopic (exact) mass is 277 g/mol. The van der Waals surface area contributed by atoms with E-state index in [1.54, 1.807) is 6.07 Å². The Bertz CT molecular complexity index is 586. The van der Waals surface area contributed by atoms with Crippen LogP contribution in [0.15, 0.2) is 42.5 Å². The molecule has 2 nitrogen and oxygen atoms in total. The van der Waals surface area contributed by atoms with Gasteiger partial charge in [0.25, 0.3) is 0 Å². The van der Waals surface area contributed by atoms with Crippen molar-refractivity contribution in [3.05, 3.63) is 59.7 Å². The Kier molecular flexibility index (Phi) is 4.56. The summed E-state index contributed by atoms with van der Waals surface area (Å²) in [5, 5.41) is 3.23. The lowest BCUT2D eigenvalue weighted by Crippen LogP contribution is -2.07. The first-order valence-electron chi connectivity index (χ1n) is 6.54. The SMILES string of the molecule is CCOc1cccc(NC(C)c2ccc(F)c(F)c2)c1. The van der Waals surface area contributed by atoms with Gasteiger partial charge in [0, 0.05) is 17.8 Å². The van der Waals surface area contributed by atoms with Crippen LogP contribution >= 0.6 is 0 Å². The van der Waals surface area contributed by atoms with E-state index in [9.17, 15) is 8.78 Å². The third-order valence-electron chi connectivity index (χ3n) is 2.97. The quantitative estimate of drug-likeness (QED) is 0.866. The van der Waals surface area contributed by atoms with Crippen molar-refractivity contribution in [2.45, 2.75) is 19.9 Å². The van der Waals surface area contributed by atoms with Gasteiger partial charge in [0.2, 0.25) is 0 Å². The molecule has 0 aliphatic rings. The highest BCUT2D eigenvalue weighted by atomic mass is 19.2. The molecule has 0 bridgehead atoms. The third-order valence-corrected chi connectivity index (χ3v) is 2.97. The standard InChI is InChI=1S/C16H17F2NO/c1-3-20-14-6-4-5-13(10-14)19-11(2)12-7-8-15(17)16(18)9-12/h4-11,19H,3H2,1-2H3. The number of hydrogen-bond donors (Lipinski definition) is 1. The van der Waals surface area contributed by atoms with Crippen LogP contribution in [0, 0.1) is 11.6 Å². The van der Waals surface area contributed by atoms with E-state index >= 15 is 0 Å². The van der Waals surface area contributed by atoms with Crippen LogP contribution in [0.4, 0.5) is 14.5 Å². The molecule has 0 heterocycles. The second-order valence-corrected chi connectivity index (χ2v) is 4.50. The molecule has 1 unspecified atom stereocenters. The van der Waals surface area contributed by atoms with Gasteiger partial charge in [-0.05, 0) is 43.7 Å². The first kappa shape index (κ1) is 14.3. The zero-order valence-corrected chi connectivity index (χ0v) is 11.5. The zero-order chi connectivity index (χ0) is 14.5. The van der Waals surface area contributed by atoms with Crippen molar-refractivity contribution in [1.82, 2.24) is 0 Å². The molecular formula is C16H17F2NO. The molecule has 1 atom stereocenters. The van der Waals surface area contributed by atoms with Crippen molar-refractivity contribution in [2.24, 2.45) is 0 Å². The Hall–Kier alpha value is -2.10. The van der Waals surface area contributed by atoms with Crippen molar-refractivity contribution in [2.75, 3.05) is 11.9 Å². The number of rotatable bonds is 5. The molecule has 2 rings (SSSR count). The third kappa shape index (κ3) is 3.47.